The van der Waals surface area contributed by atoms with Crippen molar-refractivity contribution >= 4 is 12.0 Å². The van der Waals surface area contributed by atoms with Crippen molar-refractivity contribution in [1.29, 1.82) is 0 Å². The summed E-state index contributed by atoms with van der Waals surface area (Å²) in [5.74, 6) is 1.12. The highest BCUT2D eigenvalue weighted by Gasteiger charge is 2.24. The first-order chi connectivity index (χ1) is 9.60. The van der Waals surface area contributed by atoms with Gasteiger partial charge in [-0.1, -0.05) is 6.92 Å². The number of hydrogen-bond donors (Lipinski definition) is 1. The first-order valence-corrected chi connectivity index (χ1v) is 7.15. The van der Waals surface area contributed by atoms with Crippen molar-refractivity contribution in [3.05, 3.63) is 5.82 Å². The summed E-state index contributed by atoms with van der Waals surface area (Å²) in [6.07, 6.45) is 3.13. The number of likely N-dealkylation sites (tertiary alicyclic amines) is 1. The third-order valence-electron chi connectivity index (χ3n) is 3.42. The second-order valence-electron chi connectivity index (χ2n) is 5.12. The first-order valence-electron chi connectivity index (χ1n) is 7.15. The van der Waals surface area contributed by atoms with E-state index < -0.39 is 0 Å². The number of carbonyl (C=O) groups excluding carboxylic acids is 1. The molecule has 2 heterocycles. The normalized spacial score (nSPS) is 19.1. The molecular weight excluding hydrogens is 258 g/mol. The standard InChI is InChI=1S/C13H23N5O2/c1-4-8-20-11-6-5-7-18(9-11)13(19)15-12-14-10(2)17(3)16-12/h11H,4-9H2,1-3H3,(H,15,16,19)/t11-/m1/s1. The third-order valence-corrected chi connectivity index (χ3v) is 3.42. The van der Waals surface area contributed by atoms with E-state index in [1.165, 1.54) is 0 Å². The summed E-state index contributed by atoms with van der Waals surface area (Å²) in [5, 5.41) is 6.87. The predicted molar refractivity (Wildman–Crippen MR) is 75.6 cm³/mol. The lowest BCUT2D eigenvalue weighted by Crippen LogP contribution is -2.45. The Hall–Kier alpha value is -1.63. The highest BCUT2D eigenvalue weighted by molar-refractivity contribution is 5.87. The third kappa shape index (κ3) is 3.69. The van der Waals surface area contributed by atoms with Crippen LogP contribution in [0.15, 0.2) is 0 Å². The smallest absolute Gasteiger partial charge is 0.324 e. The minimum atomic E-state index is -0.152. The molecule has 1 fully saturated rings. The average molecular weight is 281 g/mol. The van der Waals surface area contributed by atoms with Crippen LogP contribution in [0.5, 0.6) is 0 Å². The van der Waals surface area contributed by atoms with Gasteiger partial charge in [-0.25, -0.2) is 4.79 Å². The number of nitrogens with one attached hydrogen (secondary N) is 1. The van der Waals surface area contributed by atoms with Crippen LogP contribution in [0.2, 0.25) is 0 Å². The molecule has 1 saturated heterocycles. The molecule has 1 aromatic heterocycles. The zero-order chi connectivity index (χ0) is 14.5. The van der Waals surface area contributed by atoms with Gasteiger partial charge in [-0.05, 0) is 26.2 Å². The summed E-state index contributed by atoms with van der Waals surface area (Å²) in [7, 11) is 1.80. The Morgan fingerprint density at radius 2 is 2.35 bits per heavy atom. The molecule has 2 rings (SSSR count). The van der Waals surface area contributed by atoms with Crippen LogP contribution < -0.4 is 5.32 Å². The average Bonchev–Trinajstić information content (AvgIpc) is 2.75. The maximum absolute atomic E-state index is 12.2. The highest BCUT2D eigenvalue weighted by atomic mass is 16.5. The van der Waals surface area contributed by atoms with Gasteiger partial charge in [-0.3, -0.25) is 10.00 Å². The van der Waals surface area contributed by atoms with E-state index in [1.807, 2.05) is 6.92 Å². The largest absolute Gasteiger partial charge is 0.376 e. The number of rotatable bonds is 4. The number of nitrogens with zero attached hydrogens (tertiary/aromatic N) is 4. The van der Waals surface area contributed by atoms with Gasteiger partial charge in [-0.15, -0.1) is 5.10 Å². The Bertz CT molecular complexity index is 440. The van der Waals surface area contributed by atoms with Gasteiger partial charge in [-0.2, -0.15) is 4.98 Å². The monoisotopic (exact) mass is 281 g/mol. The van der Waals surface area contributed by atoms with Crippen LogP contribution in [0, 0.1) is 6.92 Å². The van der Waals surface area contributed by atoms with E-state index >= 15 is 0 Å². The van der Waals surface area contributed by atoms with E-state index in [0.29, 0.717) is 12.5 Å². The Kier molecular flexibility index (Phi) is 4.94. The number of amides is 2. The number of piperidine rings is 1. The summed E-state index contributed by atoms with van der Waals surface area (Å²) in [6, 6.07) is -0.152. The Balaban J connectivity index is 1.88. The fraction of sp³-hybridized carbons (Fsp3) is 0.769. The molecule has 0 aliphatic carbocycles. The molecule has 0 saturated carbocycles. The molecule has 1 aliphatic heterocycles. The molecule has 7 heteroatoms. The fourth-order valence-electron chi connectivity index (χ4n) is 2.23. The topological polar surface area (TPSA) is 72.3 Å². The molecule has 20 heavy (non-hydrogen) atoms. The van der Waals surface area contributed by atoms with E-state index in [1.54, 1.807) is 16.6 Å². The molecule has 2 amide bonds. The highest BCUT2D eigenvalue weighted by Crippen LogP contribution is 2.14. The van der Waals surface area contributed by atoms with E-state index in [2.05, 4.69) is 22.3 Å². The van der Waals surface area contributed by atoms with Crippen molar-refractivity contribution in [1.82, 2.24) is 19.7 Å². The van der Waals surface area contributed by atoms with Crippen LogP contribution in [0.25, 0.3) is 0 Å². The molecule has 1 N–H and O–H groups in total. The molecule has 0 aromatic carbocycles. The Labute approximate surface area is 119 Å². The minimum Gasteiger partial charge on any atom is -0.376 e. The van der Waals surface area contributed by atoms with E-state index in [4.69, 9.17) is 4.74 Å². The maximum Gasteiger partial charge on any atom is 0.324 e. The van der Waals surface area contributed by atoms with Crippen molar-refractivity contribution < 1.29 is 9.53 Å². The Morgan fingerprint density at radius 3 is 3.00 bits per heavy atom. The summed E-state index contributed by atoms with van der Waals surface area (Å²) in [6.45, 7) is 6.07. The molecule has 7 nitrogen and oxygen atoms in total. The molecule has 0 spiro atoms. The minimum absolute atomic E-state index is 0.146. The summed E-state index contributed by atoms with van der Waals surface area (Å²) >= 11 is 0. The van der Waals surface area contributed by atoms with Crippen molar-refractivity contribution in [2.75, 3.05) is 25.0 Å². The number of aromatic nitrogens is 3. The van der Waals surface area contributed by atoms with E-state index in [0.717, 1.165) is 38.2 Å². The lowest BCUT2D eigenvalue weighted by atomic mass is 10.1. The van der Waals surface area contributed by atoms with E-state index in [-0.39, 0.29) is 12.1 Å². The van der Waals surface area contributed by atoms with Gasteiger partial charge in [0.15, 0.2) is 0 Å². The van der Waals surface area contributed by atoms with Gasteiger partial charge in [0.1, 0.15) is 5.82 Å². The van der Waals surface area contributed by atoms with Crippen LogP contribution >= 0.6 is 0 Å². The molecular formula is C13H23N5O2. The van der Waals surface area contributed by atoms with Gasteiger partial charge < -0.3 is 9.64 Å². The summed E-state index contributed by atoms with van der Waals surface area (Å²) in [5.41, 5.74) is 0. The number of aryl methyl sites for hydroxylation is 2. The van der Waals surface area contributed by atoms with Crippen LogP contribution in [0.1, 0.15) is 32.0 Å². The van der Waals surface area contributed by atoms with Gasteiger partial charge in [0.2, 0.25) is 5.95 Å². The zero-order valence-electron chi connectivity index (χ0n) is 12.4. The van der Waals surface area contributed by atoms with Crippen molar-refractivity contribution in [2.24, 2.45) is 7.05 Å². The SMILES string of the molecule is CCCO[C@@H]1CCCN(C(=O)Nc2nc(C)n(C)n2)C1. The lowest BCUT2D eigenvalue weighted by molar-refractivity contribution is 0.0115. The van der Waals surface area contributed by atoms with Crippen LogP contribution in [0.4, 0.5) is 10.7 Å². The van der Waals surface area contributed by atoms with Gasteiger partial charge in [0.05, 0.1) is 6.10 Å². The molecule has 0 radical (unpaired) electrons. The molecule has 1 aromatic rings. The summed E-state index contributed by atoms with van der Waals surface area (Å²) < 4.78 is 7.37. The zero-order valence-corrected chi connectivity index (χ0v) is 12.4. The molecule has 112 valence electrons. The predicted octanol–water partition coefficient (Wildman–Crippen LogP) is 1.55. The van der Waals surface area contributed by atoms with Crippen LogP contribution in [-0.4, -0.2) is 51.5 Å². The fourth-order valence-corrected chi connectivity index (χ4v) is 2.23. The molecule has 0 unspecified atom stereocenters. The van der Waals surface area contributed by atoms with Gasteiger partial charge in [0, 0.05) is 26.7 Å². The van der Waals surface area contributed by atoms with Crippen molar-refractivity contribution in [2.45, 2.75) is 39.2 Å². The van der Waals surface area contributed by atoms with E-state index in [9.17, 15) is 4.79 Å². The van der Waals surface area contributed by atoms with Crippen LogP contribution in [0.3, 0.4) is 0 Å². The lowest BCUT2D eigenvalue weighted by Gasteiger charge is -2.32. The summed E-state index contributed by atoms with van der Waals surface area (Å²) in [4.78, 5) is 18.1. The van der Waals surface area contributed by atoms with Crippen molar-refractivity contribution in [3.63, 3.8) is 0 Å². The Morgan fingerprint density at radius 1 is 1.55 bits per heavy atom. The molecule has 1 atom stereocenters. The number of hydrogen-bond acceptors (Lipinski definition) is 4. The number of carbonyl (C=O) groups is 1. The van der Waals surface area contributed by atoms with Crippen molar-refractivity contribution in [3.8, 4) is 0 Å². The van der Waals surface area contributed by atoms with Gasteiger partial charge in [0.25, 0.3) is 0 Å². The second-order valence-corrected chi connectivity index (χ2v) is 5.12. The van der Waals surface area contributed by atoms with Gasteiger partial charge >= 0.3 is 6.03 Å². The van der Waals surface area contributed by atoms with Crippen LogP contribution in [-0.2, 0) is 11.8 Å². The molecule has 1 aliphatic rings. The number of anilines is 1. The quantitative estimate of drug-likeness (QED) is 0.908. The number of urea groups is 1. The molecule has 0 bridgehead atoms. The maximum atomic E-state index is 12.2. The second kappa shape index (κ2) is 6.69. The number of ether oxygens (including phenoxy) is 1. The first kappa shape index (κ1) is 14.8.